The van der Waals surface area contributed by atoms with Crippen LogP contribution in [-0.2, 0) is 0 Å². The van der Waals surface area contributed by atoms with Gasteiger partial charge in [0.2, 0.25) is 0 Å². The number of benzene rings is 1. The third-order valence-electron chi connectivity index (χ3n) is 4.53. The summed E-state index contributed by atoms with van der Waals surface area (Å²) in [4.78, 5) is 16.2. The largest absolute Gasteiger partial charge is 0.397 e. The van der Waals surface area contributed by atoms with E-state index in [2.05, 4.69) is 15.6 Å². The predicted molar refractivity (Wildman–Crippen MR) is 101 cm³/mol. The zero-order chi connectivity index (χ0) is 17.8. The van der Waals surface area contributed by atoms with E-state index in [1.807, 2.05) is 18.2 Å². The minimum Gasteiger partial charge on any atom is -0.397 e. The number of anilines is 4. The molecule has 132 valence electrons. The summed E-state index contributed by atoms with van der Waals surface area (Å²) < 4.78 is 0. The average molecular weight is 340 g/mol. The Bertz CT molecular complexity index is 763. The van der Waals surface area contributed by atoms with Crippen LogP contribution in [0.2, 0.25) is 0 Å². The molecule has 1 heterocycles. The van der Waals surface area contributed by atoms with Gasteiger partial charge in [0, 0.05) is 12.1 Å². The number of nitrogens with two attached hydrogens (primary N) is 3. The fraction of sp³-hybridized carbons (Fsp3) is 0.333. The van der Waals surface area contributed by atoms with E-state index in [1.165, 1.54) is 0 Å². The molecule has 2 unspecified atom stereocenters. The molecule has 8 N–H and O–H groups in total. The van der Waals surface area contributed by atoms with Crippen molar-refractivity contribution in [2.45, 2.75) is 37.8 Å². The Hall–Kier alpha value is -2.80. The molecular formula is C18H24N6O. The number of rotatable bonds is 5. The Morgan fingerprint density at radius 3 is 2.60 bits per heavy atom. The molecule has 0 saturated heterocycles. The van der Waals surface area contributed by atoms with Crippen LogP contribution in [0.5, 0.6) is 0 Å². The molecule has 1 aromatic heterocycles. The maximum absolute atomic E-state index is 11.7. The fourth-order valence-corrected chi connectivity index (χ4v) is 3.10. The first kappa shape index (κ1) is 17.0. The number of amides is 1. The van der Waals surface area contributed by atoms with Gasteiger partial charge < -0.3 is 27.8 Å². The molecule has 1 aromatic carbocycles. The van der Waals surface area contributed by atoms with E-state index < -0.39 is 5.91 Å². The Labute approximate surface area is 147 Å². The topological polar surface area (TPSA) is 132 Å². The summed E-state index contributed by atoms with van der Waals surface area (Å²) in [5.74, 6) is 0.481. The number of carbonyl (C=O) groups is 1. The van der Waals surface area contributed by atoms with E-state index in [-0.39, 0.29) is 12.1 Å². The van der Waals surface area contributed by atoms with Gasteiger partial charge in [0.25, 0.3) is 5.91 Å². The number of pyridine rings is 1. The van der Waals surface area contributed by atoms with Gasteiger partial charge in [-0.1, -0.05) is 25.0 Å². The number of para-hydroxylation sites is 2. The van der Waals surface area contributed by atoms with Gasteiger partial charge in [0.15, 0.2) is 0 Å². The highest BCUT2D eigenvalue weighted by Gasteiger charge is 2.22. The lowest BCUT2D eigenvalue weighted by molar-refractivity contribution is 0.100. The molecule has 1 fully saturated rings. The van der Waals surface area contributed by atoms with Gasteiger partial charge in [-0.2, -0.15) is 0 Å². The SMILES string of the molecule is NC(=O)c1ccc(NC2CCCCC2N)nc1Nc1ccccc1N. The van der Waals surface area contributed by atoms with Gasteiger partial charge in [0.1, 0.15) is 11.6 Å². The van der Waals surface area contributed by atoms with E-state index in [0.717, 1.165) is 25.7 Å². The van der Waals surface area contributed by atoms with Crippen LogP contribution in [0, 0.1) is 0 Å². The smallest absolute Gasteiger partial charge is 0.252 e. The first-order chi connectivity index (χ1) is 12.0. The minimum absolute atomic E-state index is 0.104. The first-order valence-electron chi connectivity index (χ1n) is 8.49. The summed E-state index contributed by atoms with van der Waals surface area (Å²) in [6, 6.07) is 11.0. The summed E-state index contributed by atoms with van der Waals surface area (Å²) in [5, 5.41) is 6.48. The molecule has 7 heteroatoms. The van der Waals surface area contributed by atoms with Crippen LogP contribution in [0.1, 0.15) is 36.0 Å². The number of hydrogen-bond acceptors (Lipinski definition) is 6. The van der Waals surface area contributed by atoms with E-state index in [0.29, 0.717) is 28.6 Å². The fourth-order valence-electron chi connectivity index (χ4n) is 3.10. The van der Waals surface area contributed by atoms with Gasteiger partial charge in [-0.25, -0.2) is 4.98 Å². The quantitative estimate of drug-likeness (QED) is 0.530. The van der Waals surface area contributed by atoms with Crippen LogP contribution in [0.15, 0.2) is 36.4 Å². The van der Waals surface area contributed by atoms with Crippen LogP contribution in [0.4, 0.5) is 23.0 Å². The summed E-state index contributed by atoms with van der Waals surface area (Å²) in [6.45, 7) is 0. The second-order valence-electron chi connectivity index (χ2n) is 6.37. The van der Waals surface area contributed by atoms with Crippen LogP contribution in [-0.4, -0.2) is 23.0 Å². The van der Waals surface area contributed by atoms with Gasteiger partial charge in [-0.15, -0.1) is 0 Å². The van der Waals surface area contributed by atoms with Crippen LogP contribution in [0.3, 0.4) is 0 Å². The summed E-state index contributed by atoms with van der Waals surface area (Å²) in [5.41, 5.74) is 19.2. The molecule has 0 spiro atoms. The van der Waals surface area contributed by atoms with Gasteiger partial charge in [-0.3, -0.25) is 4.79 Å². The maximum atomic E-state index is 11.7. The van der Waals surface area contributed by atoms with Crippen LogP contribution in [0.25, 0.3) is 0 Å². The lowest BCUT2D eigenvalue weighted by atomic mass is 9.91. The number of nitrogens with one attached hydrogen (secondary N) is 2. The van der Waals surface area contributed by atoms with E-state index in [4.69, 9.17) is 17.2 Å². The monoisotopic (exact) mass is 340 g/mol. The first-order valence-corrected chi connectivity index (χ1v) is 8.49. The highest BCUT2D eigenvalue weighted by molar-refractivity contribution is 5.99. The molecule has 1 aliphatic carbocycles. The van der Waals surface area contributed by atoms with E-state index >= 15 is 0 Å². The second kappa shape index (κ2) is 7.40. The summed E-state index contributed by atoms with van der Waals surface area (Å²) in [7, 11) is 0. The standard InChI is InChI=1S/C18H24N6O/c19-12-5-1-3-7-14(12)22-16-10-9-11(17(21)25)18(24-16)23-15-8-4-2-6-13(15)20/h2,4,6,8-10,12,14H,1,3,5,7,19-20H2,(H2,21,25)(H2,22,23,24). The Kier molecular flexibility index (Phi) is 5.04. The Balaban J connectivity index is 1.87. The van der Waals surface area contributed by atoms with Gasteiger partial charge in [-0.05, 0) is 37.1 Å². The number of nitrogens with zero attached hydrogens (tertiary/aromatic N) is 1. The lowest BCUT2D eigenvalue weighted by Crippen LogP contribution is -2.42. The van der Waals surface area contributed by atoms with Crippen LogP contribution >= 0.6 is 0 Å². The van der Waals surface area contributed by atoms with Gasteiger partial charge >= 0.3 is 0 Å². The zero-order valence-corrected chi connectivity index (χ0v) is 14.0. The van der Waals surface area contributed by atoms with E-state index in [1.54, 1.807) is 18.2 Å². The van der Waals surface area contributed by atoms with Crippen molar-refractivity contribution in [3.05, 3.63) is 42.0 Å². The average Bonchev–Trinajstić information content (AvgIpc) is 2.59. The molecule has 1 amide bonds. The van der Waals surface area contributed by atoms with Crippen molar-refractivity contribution in [3.63, 3.8) is 0 Å². The molecule has 3 rings (SSSR count). The Morgan fingerprint density at radius 1 is 1.12 bits per heavy atom. The number of carbonyl (C=O) groups excluding carboxylic acids is 1. The van der Waals surface area contributed by atoms with Crippen molar-refractivity contribution < 1.29 is 4.79 Å². The Morgan fingerprint density at radius 2 is 1.88 bits per heavy atom. The molecule has 0 bridgehead atoms. The molecular weight excluding hydrogens is 316 g/mol. The van der Waals surface area contributed by atoms with Gasteiger partial charge in [0.05, 0.1) is 16.9 Å². The van der Waals surface area contributed by atoms with Crippen molar-refractivity contribution in [2.24, 2.45) is 11.5 Å². The number of aromatic nitrogens is 1. The highest BCUT2D eigenvalue weighted by atomic mass is 16.1. The molecule has 2 aromatic rings. The molecule has 7 nitrogen and oxygen atoms in total. The van der Waals surface area contributed by atoms with Crippen molar-refractivity contribution >= 4 is 28.9 Å². The zero-order valence-electron chi connectivity index (χ0n) is 14.0. The van der Waals surface area contributed by atoms with Crippen molar-refractivity contribution in [2.75, 3.05) is 16.4 Å². The number of nitrogen functional groups attached to an aromatic ring is 1. The summed E-state index contributed by atoms with van der Waals surface area (Å²) in [6.07, 6.45) is 4.32. The molecule has 0 radical (unpaired) electrons. The van der Waals surface area contributed by atoms with Crippen molar-refractivity contribution in [1.82, 2.24) is 4.98 Å². The normalized spacial score (nSPS) is 20.0. The second-order valence-corrected chi connectivity index (χ2v) is 6.37. The molecule has 0 aliphatic heterocycles. The van der Waals surface area contributed by atoms with Crippen molar-refractivity contribution in [1.29, 1.82) is 0 Å². The van der Waals surface area contributed by atoms with Crippen LogP contribution < -0.4 is 27.8 Å². The molecule has 25 heavy (non-hydrogen) atoms. The highest BCUT2D eigenvalue weighted by Crippen LogP contribution is 2.26. The molecule has 2 atom stereocenters. The van der Waals surface area contributed by atoms with Crippen molar-refractivity contribution in [3.8, 4) is 0 Å². The number of primary amides is 1. The third kappa shape index (κ3) is 4.00. The molecule has 1 saturated carbocycles. The third-order valence-corrected chi connectivity index (χ3v) is 4.53. The minimum atomic E-state index is -0.551. The predicted octanol–water partition coefficient (Wildman–Crippen LogP) is 2.19. The maximum Gasteiger partial charge on any atom is 0.252 e. The van der Waals surface area contributed by atoms with E-state index in [9.17, 15) is 4.79 Å². The number of hydrogen-bond donors (Lipinski definition) is 5. The molecule has 1 aliphatic rings. The lowest BCUT2D eigenvalue weighted by Gasteiger charge is -2.29. The summed E-state index contributed by atoms with van der Waals surface area (Å²) >= 11 is 0.